The van der Waals surface area contributed by atoms with Gasteiger partial charge >= 0.3 is 0 Å². The number of nitrogens with two attached hydrogens (primary N) is 1. The van der Waals surface area contributed by atoms with Gasteiger partial charge in [-0.25, -0.2) is 10.8 Å². The maximum Gasteiger partial charge on any atom is 0.206 e. The maximum atomic E-state index is 5.44. The molecule has 3 unspecified atom stereocenters. The molecule has 0 aromatic rings. The van der Waals surface area contributed by atoms with Crippen molar-refractivity contribution in [2.24, 2.45) is 16.8 Å². The van der Waals surface area contributed by atoms with E-state index >= 15 is 0 Å². The van der Waals surface area contributed by atoms with Crippen LogP contribution in [0.3, 0.4) is 0 Å². The second-order valence-corrected chi connectivity index (χ2v) is 4.72. The Morgan fingerprint density at radius 3 is 2.47 bits per heavy atom. The van der Waals surface area contributed by atoms with Crippen molar-refractivity contribution < 1.29 is 4.74 Å². The molecule has 0 aromatic carbocycles. The largest absolute Gasteiger partial charge is 0.383 e. The fourth-order valence-electron chi connectivity index (χ4n) is 1.66. The first-order valence-corrected chi connectivity index (χ1v) is 6.33. The van der Waals surface area contributed by atoms with Crippen LogP contribution in [0.15, 0.2) is 4.99 Å². The van der Waals surface area contributed by atoms with Crippen LogP contribution in [-0.2, 0) is 4.74 Å². The fourth-order valence-corrected chi connectivity index (χ4v) is 1.66. The number of ether oxygens (including phenoxy) is 1. The smallest absolute Gasteiger partial charge is 0.206 e. The molecule has 5 heteroatoms. The summed E-state index contributed by atoms with van der Waals surface area (Å²) in [5.74, 6) is 6.76. The SMILES string of the molecule is CCC(C)CC(C)N=C(NN)NC(C)COC. The molecule has 0 spiro atoms. The van der Waals surface area contributed by atoms with Crippen LogP contribution >= 0.6 is 0 Å². The van der Waals surface area contributed by atoms with Crippen LogP contribution in [0.2, 0.25) is 0 Å². The molecule has 5 nitrogen and oxygen atoms in total. The fraction of sp³-hybridized carbons (Fsp3) is 0.917. The molecule has 3 atom stereocenters. The molecule has 0 heterocycles. The van der Waals surface area contributed by atoms with Crippen LogP contribution in [0.5, 0.6) is 0 Å². The second kappa shape index (κ2) is 9.24. The molecule has 0 fully saturated rings. The summed E-state index contributed by atoms with van der Waals surface area (Å²) in [7, 11) is 1.68. The molecule has 0 amide bonds. The van der Waals surface area contributed by atoms with Gasteiger partial charge in [-0.2, -0.15) is 0 Å². The van der Waals surface area contributed by atoms with Crippen LogP contribution in [0.4, 0.5) is 0 Å². The van der Waals surface area contributed by atoms with Gasteiger partial charge in [0, 0.05) is 13.2 Å². The Balaban J connectivity index is 4.22. The Morgan fingerprint density at radius 1 is 1.35 bits per heavy atom. The van der Waals surface area contributed by atoms with Gasteiger partial charge in [-0.1, -0.05) is 20.3 Å². The lowest BCUT2D eigenvalue weighted by Crippen LogP contribution is -2.47. The van der Waals surface area contributed by atoms with Crippen molar-refractivity contribution in [2.75, 3.05) is 13.7 Å². The van der Waals surface area contributed by atoms with Crippen molar-refractivity contribution in [3.05, 3.63) is 0 Å². The summed E-state index contributed by atoms with van der Waals surface area (Å²) < 4.78 is 5.05. The number of hydrazine groups is 1. The number of nitrogens with zero attached hydrogens (tertiary/aromatic N) is 1. The van der Waals surface area contributed by atoms with Crippen LogP contribution in [0, 0.1) is 5.92 Å². The number of hydrogen-bond acceptors (Lipinski definition) is 3. The summed E-state index contributed by atoms with van der Waals surface area (Å²) >= 11 is 0. The van der Waals surface area contributed by atoms with E-state index in [9.17, 15) is 0 Å². The molecule has 0 saturated heterocycles. The number of methoxy groups -OCH3 is 1. The standard InChI is InChI=1S/C12H28N4O/c1-6-9(2)7-10(3)14-12(16-13)15-11(4)8-17-5/h9-11H,6-8,13H2,1-5H3,(H2,14,15,16). The van der Waals surface area contributed by atoms with Crippen LogP contribution in [0.25, 0.3) is 0 Å². The topological polar surface area (TPSA) is 71.7 Å². The third kappa shape index (κ3) is 7.99. The summed E-state index contributed by atoms with van der Waals surface area (Å²) in [5, 5.41) is 3.18. The van der Waals surface area contributed by atoms with Gasteiger partial charge in [0.15, 0.2) is 0 Å². The highest BCUT2D eigenvalue weighted by Gasteiger charge is 2.09. The predicted octanol–water partition coefficient (Wildman–Crippen LogP) is 1.25. The Labute approximate surface area is 105 Å². The summed E-state index contributed by atoms with van der Waals surface area (Å²) in [4.78, 5) is 4.52. The van der Waals surface area contributed by atoms with Crippen molar-refractivity contribution in [2.45, 2.75) is 52.6 Å². The van der Waals surface area contributed by atoms with E-state index in [1.165, 1.54) is 6.42 Å². The normalized spacial score (nSPS) is 17.4. The molecule has 0 saturated carbocycles. The number of nitrogens with one attached hydrogen (secondary N) is 2. The molecule has 0 radical (unpaired) electrons. The summed E-state index contributed by atoms with van der Waals surface area (Å²) in [6.07, 6.45) is 2.25. The molecule has 4 N–H and O–H groups in total. The lowest BCUT2D eigenvalue weighted by molar-refractivity contribution is 0.179. The molecule has 0 aliphatic carbocycles. The average molecular weight is 244 g/mol. The molecule has 0 aliphatic rings. The van der Waals surface area contributed by atoms with Crippen LogP contribution in [0.1, 0.15) is 40.5 Å². The van der Waals surface area contributed by atoms with Gasteiger partial charge in [0.1, 0.15) is 0 Å². The number of rotatable bonds is 7. The zero-order valence-electron chi connectivity index (χ0n) is 11.8. The van der Waals surface area contributed by atoms with E-state index in [0.29, 0.717) is 18.5 Å². The monoisotopic (exact) mass is 244 g/mol. The van der Waals surface area contributed by atoms with E-state index in [-0.39, 0.29) is 12.1 Å². The van der Waals surface area contributed by atoms with Gasteiger partial charge < -0.3 is 10.1 Å². The zero-order valence-corrected chi connectivity index (χ0v) is 11.8. The molecule has 0 aliphatic heterocycles. The van der Waals surface area contributed by atoms with Crippen molar-refractivity contribution >= 4 is 5.96 Å². The minimum atomic E-state index is 0.186. The maximum absolute atomic E-state index is 5.44. The van der Waals surface area contributed by atoms with Crippen molar-refractivity contribution in [1.82, 2.24) is 10.7 Å². The first-order valence-electron chi connectivity index (χ1n) is 6.33. The molecule has 0 rings (SSSR count). The number of aliphatic imine (C=N–C) groups is 1. The Morgan fingerprint density at radius 2 is 2.00 bits per heavy atom. The minimum absolute atomic E-state index is 0.186. The van der Waals surface area contributed by atoms with E-state index in [1.807, 2.05) is 6.92 Å². The molecule has 0 aromatic heterocycles. The van der Waals surface area contributed by atoms with E-state index in [1.54, 1.807) is 7.11 Å². The number of hydrogen-bond donors (Lipinski definition) is 3. The van der Waals surface area contributed by atoms with Crippen LogP contribution in [-0.4, -0.2) is 31.8 Å². The lowest BCUT2D eigenvalue weighted by Gasteiger charge is -2.18. The summed E-state index contributed by atoms with van der Waals surface area (Å²) in [5.41, 5.74) is 2.60. The molecular formula is C12H28N4O. The van der Waals surface area contributed by atoms with Gasteiger partial charge in [0.05, 0.1) is 12.6 Å². The molecular weight excluding hydrogens is 216 g/mol. The highest BCUT2D eigenvalue weighted by Crippen LogP contribution is 2.11. The highest BCUT2D eigenvalue weighted by molar-refractivity contribution is 5.79. The van der Waals surface area contributed by atoms with E-state index in [2.05, 4.69) is 36.5 Å². The van der Waals surface area contributed by atoms with E-state index < -0.39 is 0 Å². The van der Waals surface area contributed by atoms with E-state index in [4.69, 9.17) is 10.6 Å². The number of guanidine groups is 1. The first-order chi connectivity index (χ1) is 8.03. The van der Waals surface area contributed by atoms with Crippen molar-refractivity contribution in [1.29, 1.82) is 0 Å². The minimum Gasteiger partial charge on any atom is -0.383 e. The Bertz CT molecular complexity index is 221. The van der Waals surface area contributed by atoms with Gasteiger partial charge in [-0.15, -0.1) is 0 Å². The Kier molecular flexibility index (Phi) is 8.80. The average Bonchev–Trinajstić information content (AvgIpc) is 2.28. The zero-order chi connectivity index (χ0) is 13.3. The van der Waals surface area contributed by atoms with E-state index in [0.717, 1.165) is 6.42 Å². The van der Waals surface area contributed by atoms with Gasteiger partial charge in [0.25, 0.3) is 0 Å². The Hall–Kier alpha value is -0.810. The summed E-state index contributed by atoms with van der Waals surface area (Å²) in [6, 6.07) is 0.448. The van der Waals surface area contributed by atoms with Crippen molar-refractivity contribution in [3.8, 4) is 0 Å². The van der Waals surface area contributed by atoms with Crippen LogP contribution < -0.4 is 16.6 Å². The van der Waals surface area contributed by atoms with Gasteiger partial charge in [-0.05, 0) is 26.2 Å². The van der Waals surface area contributed by atoms with Crippen molar-refractivity contribution in [3.63, 3.8) is 0 Å². The lowest BCUT2D eigenvalue weighted by atomic mass is 10.0. The molecule has 102 valence electrons. The predicted molar refractivity (Wildman–Crippen MR) is 72.8 cm³/mol. The third-order valence-electron chi connectivity index (χ3n) is 2.73. The molecule has 17 heavy (non-hydrogen) atoms. The molecule has 0 bridgehead atoms. The van der Waals surface area contributed by atoms with Gasteiger partial charge in [0.2, 0.25) is 5.96 Å². The third-order valence-corrected chi connectivity index (χ3v) is 2.73. The summed E-state index contributed by atoms with van der Waals surface area (Å²) in [6.45, 7) is 9.19. The second-order valence-electron chi connectivity index (χ2n) is 4.72. The quantitative estimate of drug-likeness (QED) is 0.273. The van der Waals surface area contributed by atoms with Gasteiger partial charge in [-0.3, -0.25) is 5.43 Å². The highest BCUT2D eigenvalue weighted by atomic mass is 16.5. The first kappa shape index (κ1) is 16.2.